The number of amides is 2. The number of hydrogen-bond acceptors (Lipinski definition) is 6. The van der Waals surface area contributed by atoms with Gasteiger partial charge >= 0.3 is 0 Å². The summed E-state index contributed by atoms with van der Waals surface area (Å²) in [4.78, 5) is 29.9. The molecule has 0 heterocycles. The fraction of sp³-hybridized carbons (Fsp3) is 0.297. The number of hydrogen-bond donors (Lipinski definition) is 2. The first-order valence-corrected chi connectivity index (χ1v) is 17.2. The Kier molecular flexibility index (Phi) is 11.3. The van der Waals surface area contributed by atoms with E-state index in [0.717, 1.165) is 35.3 Å². The van der Waals surface area contributed by atoms with Gasteiger partial charge in [0.1, 0.15) is 17.5 Å². The van der Waals surface area contributed by atoms with E-state index < -0.39 is 16.1 Å². The molecule has 246 valence electrons. The van der Waals surface area contributed by atoms with Gasteiger partial charge in [-0.25, -0.2) is 13.1 Å². The predicted octanol–water partition coefficient (Wildman–Crippen LogP) is 5.21. The molecule has 47 heavy (non-hydrogen) atoms. The normalized spacial score (nSPS) is 13.4. The van der Waals surface area contributed by atoms with E-state index in [0.29, 0.717) is 30.7 Å². The lowest BCUT2D eigenvalue weighted by Crippen LogP contribution is -2.44. The monoisotopic (exact) mass is 655 g/mol. The quantitative estimate of drug-likeness (QED) is 0.172. The number of carbonyl (C=O) groups is 2. The van der Waals surface area contributed by atoms with Crippen molar-refractivity contribution in [2.24, 2.45) is 0 Å². The minimum absolute atomic E-state index is 0.0196. The minimum atomic E-state index is -3.56. The van der Waals surface area contributed by atoms with Crippen LogP contribution in [0.5, 0.6) is 11.5 Å². The highest BCUT2D eigenvalue weighted by atomic mass is 32.2. The molecule has 1 atom stereocenters. The van der Waals surface area contributed by atoms with Crippen LogP contribution in [0, 0.1) is 0 Å². The molecule has 2 amide bonds. The van der Waals surface area contributed by atoms with E-state index in [4.69, 9.17) is 9.47 Å². The number of nitrogens with zero attached hydrogens (tertiary/aromatic N) is 1. The van der Waals surface area contributed by atoms with Crippen LogP contribution in [-0.4, -0.2) is 51.9 Å². The molecule has 4 aromatic carbocycles. The highest BCUT2D eigenvalue weighted by Gasteiger charge is 2.31. The second kappa shape index (κ2) is 15.8. The first kappa shape index (κ1) is 33.7. The Hall–Kier alpha value is -4.67. The van der Waals surface area contributed by atoms with Crippen molar-refractivity contribution in [2.45, 2.75) is 55.6 Å². The Balaban J connectivity index is 1.34. The van der Waals surface area contributed by atoms with Gasteiger partial charge in [-0.05, 0) is 84.3 Å². The molecule has 0 bridgehead atoms. The molecule has 9 nitrogen and oxygen atoms in total. The van der Waals surface area contributed by atoms with Crippen LogP contribution in [0.1, 0.15) is 47.6 Å². The van der Waals surface area contributed by atoms with Crippen molar-refractivity contribution in [3.05, 3.63) is 125 Å². The van der Waals surface area contributed by atoms with Gasteiger partial charge in [0, 0.05) is 25.6 Å². The Morgan fingerprint density at radius 2 is 1.32 bits per heavy atom. The summed E-state index contributed by atoms with van der Waals surface area (Å²) >= 11 is 0. The third kappa shape index (κ3) is 9.43. The van der Waals surface area contributed by atoms with Gasteiger partial charge in [0.05, 0.1) is 19.1 Å². The molecule has 10 heteroatoms. The molecule has 0 radical (unpaired) electrons. The fourth-order valence-electron chi connectivity index (χ4n) is 5.30. The zero-order valence-corrected chi connectivity index (χ0v) is 27.5. The predicted molar refractivity (Wildman–Crippen MR) is 181 cm³/mol. The Labute approximate surface area is 277 Å². The van der Waals surface area contributed by atoms with Crippen LogP contribution in [0.2, 0.25) is 0 Å². The first-order chi connectivity index (χ1) is 22.8. The average molecular weight is 656 g/mol. The Morgan fingerprint density at radius 3 is 1.89 bits per heavy atom. The molecule has 0 aliphatic heterocycles. The molecule has 4 aromatic rings. The number of sulfonamides is 1. The highest BCUT2D eigenvalue weighted by Crippen LogP contribution is 2.27. The summed E-state index contributed by atoms with van der Waals surface area (Å²) in [5.74, 6) is 0.984. The van der Waals surface area contributed by atoms with E-state index in [9.17, 15) is 18.0 Å². The number of ether oxygens (including phenoxy) is 2. The van der Waals surface area contributed by atoms with Crippen molar-refractivity contribution in [3.63, 3.8) is 0 Å². The molecule has 0 spiro atoms. The van der Waals surface area contributed by atoms with Crippen LogP contribution in [0.15, 0.2) is 108 Å². The topological polar surface area (TPSA) is 114 Å². The Bertz CT molecular complexity index is 1720. The summed E-state index contributed by atoms with van der Waals surface area (Å²) in [7, 11) is -0.347. The summed E-state index contributed by atoms with van der Waals surface area (Å²) in [6.07, 6.45) is 2.85. The van der Waals surface area contributed by atoms with Gasteiger partial charge < -0.3 is 19.7 Å². The SMILES string of the molecule is COc1ccc(CCNC(=O)[C@H](c2ccccc2)N(Cc2ccc(OC)cc2)C(=O)CCc2ccc(S(=O)(=O)NC3CC3)cc2)cc1. The molecule has 1 aliphatic carbocycles. The summed E-state index contributed by atoms with van der Waals surface area (Å²) in [6, 6.07) is 30.2. The number of methoxy groups -OCH3 is 2. The maximum absolute atomic E-state index is 14.1. The van der Waals surface area contributed by atoms with Gasteiger partial charge in [-0.2, -0.15) is 0 Å². The largest absolute Gasteiger partial charge is 0.497 e. The molecular weight excluding hydrogens is 614 g/mol. The van der Waals surface area contributed by atoms with E-state index in [2.05, 4.69) is 10.0 Å². The first-order valence-electron chi connectivity index (χ1n) is 15.7. The molecule has 1 saturated carbocycles. The highest BCUT2D eigenvalue weighted by molar-refractivity contribution is 7.89. The molecule has 0 saturated heterocycles. The lowest BCUT2D eigenvalue weighted by Gasteiger charge is -2.32. The average Bonchev–Trinajstić information content (AvgIpc) is 3.91. The van der Waals surface area contributed by atoms with Gasteiger partial charge in [0.15, 0.2) is 0 Å². The standard InChI is InChI=1S/C37H41N3O6S/c1-45-32-17-8-28(9-18-32)24-25-38-37(42)36(30-6-4-3-5-7-30)40(26-29-10-19-33(46-2)20-11-29)35(41)23-14-27-12-21-34(22-13-27)47(43,44)39-31-15-16-31/h3-13,17-22,31,36,39H,14-16,23-26H2,1-2H3,(H,38,42)/t36-/m0/s1. The van der Waals surface area contributed by atoms with Crippen molar-refractivity contribution in [3.8, 4) is 11.5 Å². The van der Waals surface area contributed by atoms with E-state index in [1.54, 1.807) is 43.4 Å². The van der Waals surface area contributed by atoms with Crippen molar-refractivity contribution >= 4 is 21.8 Å². The lowest BCUT2D eigenvalue weighted by molar-refractivity contribution is -0.141. The molecule has 0 aromatic heterocycles. The summed E-state index contributed by atoms with van der Waals surface area (Å²) < 4.78 is 38.4. The molecule has 1 fully saturated rings. The van der Waals surface area contributed by atoms with Gasteiger partial charge in [0.2, 0.25) is 21.8 Å². The van der Waals surface area contributed by atoms with Crippen LogP contribution >= 0.6 is 0 Å². The second-order valence-corrected chi connectivity index (χ2v) is 13.3. The number of benzene rings is 4. The third-order valence-corrected chi connectivity index (χ3v) is 9.68. The number of nitrogens with one attached hydrogen (secondary N) is 2. The zero-order valence-electron chi connectivity index (χ0n) is 26.7. The summed E-state index contributed by atoms with van der Waals surface area (Å²) in [5.41, 5.74) is 3.43. The van der Waals surface area contributed by atoms with Crippen molar-refractivity contribution in [1.82, 2.24) is 14.9 Å². The summed E-state index contributed by atoms with van der Waals surface area (Å²) in [5, 5.41) is 3.06. The van der Waals surface area contributed by atoms with E-state index >= 15 is 0 Å². The molecule has 2 N–H and O–H groups in total. The molecule has 5 rings (SSSR count). The van der Waals surface area contributed by atoms with Gasteiger partial charge in [-0.3, -0.25) is 9.59 Å². The van der Waals surface area contributed by atoms with E-state index in [-0.39, 0.29) is 35.7 Å². The fourth-order valence-corrected chi connectivity index (χ4v) is 6.60. The van der Waals surface area contributed by atoms with Gasteiger partial charge in [-0.15, -0.1) is 0 Å². The second-order valence-electron chi connectivity index (χ2n) is 11.6. The number of rotatable bonds is 16. The van der Waals surface area contributed by atoms with Crippen molar-refractivity contribution < 1.29 is 27.5 Å². The Morgan fingerprint density at radius 1 is 0.766 bits per heavy atom. The van der Waals surface area contributed by atoms with Crippen LogP contribution in [0.25, 0.3) is 0 Å². The van der Waals surface area contributed by atoms with Gasteiger partial charge in [-0.1, -0.05) is 66.7 Å². The summed E-state index contributed by atoms with van der Waals surface area (Å²) in [6.45, 7) is 0.599. The number of aryl methyl sites for hydroxylation is 1. The van der Waals surface area contributed by atoms with E-state index in [1.807, 2.05) is 78.9 Å². The third-order valence-electron chi connectivity index (χ3n) is 8.14. The lowest BCUT2D eigenvalue weighted by atomic mass is 10.0. The van der Waals surface area contributed by atoms with Gasteiger partial charge in [0.25, 0.3) is 0 Å². The molecule has 1 aliphatic rings. The van der Waals surface area contributed by atoms with Crippen molar-refractivity contribution in [2.75, 3.05) is 20.8 Å². The maximum atomic E-state index is 14.1. The van der Waals surface area contributed by atoms with E-state index in [1.165, 1.54) is 0 Å². The maximum Gasteiger partial charge on any atom is 0.247 e. The van der Waals surface area contributed by atoms with Crippen LogP contribution in [-0.2, 0) is 39.0 Å². The van der Waals surface area contributed by atoms with Crippen molar-refractivity contribution in [1.29, 1.82) is 0 Å². The van der Waals surface area contributed by atoms with Crippen LogP contribution < -0.4 is 19.5 Å². The number of carbonyl (C=O) groups excluding carboxylic acids is 2. The smallest absolute Gasteiger partial charge is 0.247 e. The zero-order chi connectivity index (χ0) is 33.2. The molecule has 0 unspecified atom stereocenters. The van der Waals surface area contributed by atoms with Crippen LogP contribution in [0.3, 0.4) is 0 Å². The molecular formula is C37H41N3O6S. The van der Waals surface area contributed by atoms with Crippen LogP contribution in [0.4, 0.5) is 0 Å². The minimum Gasteiger partial charge on any atom is -0.497 e.